The van der Waals surface area contributed by atoms with Crippen LogP contribution in [-0.4, -0.2) is 16.7 Å². The number of H-pyrrole nitrogens is 1. The molecule has 21 heavy (non-hydrogen) atoms. The second kappa shape index (κ2) is 4.48. The summed E-state index contributed by atoms with van der Waals surface area (Å²) in [5.74, 6) is 0.520. The van der Waals surface area contributed by atoms with Crippen LogP contribution in [0.1, 0.15) is 11.1 Å². The molecular weight excluding hydrogens is 268 g/mol. The van der Waals surface area contributed by atoms with Crippen molar-refractivity contribution in [3.63, 3.8) is 0 Å². The van der Waals surface area contributed by atoms with Gasteiger partial charge in [-0.15, -0.1) is 0 Å². The minimum absolute atomic E-state index is 0.104. The molecule has 5 nitrogen and oxygen atoms in total. The van der Waals surface area contributed by atoms with Crippen LogP contribution in [-0.2, 0) is 7.05 Å². The van der Waals surface area contributed by atoms with Crippen LogP contribution in [0.2, 0.25) is 0 Å². The first-order valence-electron chi connectivity index (χ1n) is 6.65. The summed E-state index contributed by atoms with van der Waals surface area (Å²) in [6, 6.07) is 5.16. The van der Waals surface area contributed by atoms with E-state index in [0.29, 0.717) is 16.8 Å². The van der Waals surface area contributed by atoms with E-state index in [1.165, 1.54) is 0 Å². The van der Waals surface area contributed by atoms with Crippen molar-refractivity contribution in [1.29, 1.82) is 0 Å². The van der Waals surface area contributed by atoms with E-state index in [2.05, 4.69) is 4.98 Å². The molecule has 0 spiro atoms. The molecule has 0 amide bonds. The SMILES string of the molecule is COc1c2[nH]c(=O)cc(C)c2cc2c(C)cc(=O)n(C)c12. The average molecular weight is 284 g/mol. The molecule has 0 bridgehead atoms. The van der Waals surface area contributed by atoms with Crippen molar-refractivity contribution in [2.24, 2.45) is 7.05 Å². The molecule has 1 aromatic carbocycles. The van der Waals surface area contributed by atoms with Gasteiger partial charge >= 0.3 is 0 Å². The Kier molecular flexibility index (Phi) is 2.86. The maximum atomic E-state index is 12.0. The third kappa shape index (κ3) is 1.85. The zero-order valence-electron chi connectivity index (χ0n) is 12.4. The lowest BCUT2D eigenvalue weighted by Crippen LogP contribution is -2.17. The zero-order valence-corrected chi connectivity index (χ0v) is 12.4. The van der Waals surface area contributed by atoms with Crippen LogP contribution in [0.3, 0.4) is 0 Å². The fourth-order valence-electron chi connectivity index (χ4n) is 2.82. The van der Waals surface area contributed by atoms with Gasteiger partial charge in [0.25, 0.3) is 5.56 Å². The van der Waals surface area contributed by atoms with Gasteiger partial charge in [0.1, 0.15) is 0 Å². The summed E-state index contributed by atoms with van der Waals surface area (Å²) in [6.45, 7) is 3.79. The Balaban J connectivity index is 2.73. The molecule has 3 rings (SSSR count). The van der Waals surface area contributed by atoms with Gasteiger partial charge in [-0.1, -0.05) is 0 Å². The molecule has 0 saturated carbocycles. The largest absolute Gasteiger partial charge is 0.492 e. The molecule has 108 valence electrons. The van der Waals surface area contributed by atoms with E-state index in [0.717, 1.165) is 21.9 Å². The van der Waals surface area contributed by atoms with Gasteiger partial charge in [-0.2, -0.15) is 0 Å². The van der Waals surface area contributed by atoms with Crippen LogP contribution in [0.15, 0.2) is 27.8 Å². The smallest absolute Gasteiger partial charge is 0.251 e. The van der Waals surface area contributed by atoms with Gasteiger partial charge in [0.2, 0.25) is 5.56 Å². The van der Waals surface area contributed by atoms with E-state index >= 15 is 0 Å². The highest BCUT2D eigenvalue weighted by molar-refractivity contribution is 6.04. The van der Waals surface area contributed by atoms with Gasteiger partial charge in [-0.05, 0) is 31.0 Å². The maximum Gasteiger partial charge on any atom is 0.251 e. The number of rotatable bonds is 1. The third-order valence-electron chi connectivity index (χ3n) is 3.91. The van der Waals surface area contributed by atoms with Crippen molar-refractivity contribution < 1.29 is 4.74 Å². The van der Waals surface area contributed by atoms with Crippen LogP contribution >= 0.6 is 0 Å². The highest BCUT2D eigenvalue weighted by atomic mass is 16.5. The summed E-state index contributed by atoms with van der Waals surface area (Å²) in [6.07, 6.45) is 0. The molecule has 0 unspecified atom stereocenters. The van der Waals surface area contributed by atoms with Crippen LogP contribution in [0, 0.1) is 13.8 Å². The van der Waals surface area contributed by atoms with E-state index in [1.54, 1.807) is 30.9 Å². The standard InChI is InChI=1S/C16H16N2O3/c1-8-5-12(19)17-14-10(8)7-11-9(2)6-13(20)18(3)15(11)16(14)21-4/h5-7H,1-4H3,(H,17,19). The highest BCUT2D eigenvalue weighted by Crippen LogP contribution is 2.34. The van der Waals surface area contributed by atoms with Gasteiger partial charge in [0.05, 0.1) is 18.1 Å². The summed E-state index contributed by atoms with van der Waals surface area (Å²) >= 11 is 0. The Labute approximate surface area is 120 Å². The number of aromatic amines is 1. The molecule has 1 N–H and O–H groups in total. The Hall–Kier alpha value is -2.56. The van der Waals surface area contributed by atoms with Crippen molar-refractivity contribution in [2.75, 3.05) is 7.11 Å². The number of hydrogen-bond acceptors (Lipinski definition) is 3. The molecule has 0 saturated heterocycles. The van der Waals surface area contributed by atoms with E-state index in [-0.39, 0.29) is 11.1 Å². The fourth-order valence-corrected chi connectivity index (χ4v) is 2.82. The molecular formula is C16H16N2O3. The number of benzene rings is 1. The quantitative estimate of drug-likeness (QED) is 0.695. The van der Waals surface area contributed by atoms with Gasteiger partial charge in [-0.25, -0.2) is 0 Å². The van der Waals surface area contributed by atoms with Crippen molar-refractivity contribution in [3.05, 3.63) is 50.0 Å². The number of methoxy groups -OCH3 is 1. The molecule has 0 fully saturated rings. The van der Waals surface area contributed by atoms with Gasteiger partial charge in [-0.3, -0.25) is 9.59 Å². The van der Waals surface area contributed by atoms with Gasteiger partial charge in [0.15, 0.2) is 5.75 Å². The van der Waals surface area contributed by atoms with Crippen molar-refractivity contribution in [2.45, 2.75) is 13.8 Å². The van der Waals surface area contributed by atoms with Crippen molar-refractivity contribution in [3.8, 4) is 5.75 Å². The lowest BCUT2D eigenvalue weighted by atomic mass is 10.0. The normalized spacial score (nSPS) is 11.2. The van der Waals surface area contributed by atoms with E-state index in [4.69, 9.17) is 4.74 Å². The predicted octanol–water partition coefficient (Wildman–Crippen LogP) is 2.01. The number of fused-ring (bicyclic) bond motifs is 2. The van der Waals surface area contributed by atoms with Crippen LogP contribution in [0.5, 0.6) is 5.75 Å². The summed E-state index contributed by atoms with van der Waals surface area (Å²) in [4.78, 5) is 26.6. The second-order valence-electron chi connectivity index (χ2n) is 5.27. The maximum absolute atomic E-state index is 12.0. The van der Waals surface area contributed by atoms with E-state index in [9.17, 15) is 9.59 Å². The van der Waals surface area contributed by atoms with Crippen molar-refractivity contribution >= 4 is 21.8 Å². The number of pyridine rings is 2. The Morgan fingerprint density at radius 3 is 2.38 bits per heavy atom. The number of hydrogen-bond donors (Lipinski definition) is 1. The first kappa shape index (κ1) is 13.4. The first-order chi connectivity index (χ1) is 9.93. The lowest BCUT2D eigenvalue weighted by molar-refractivity contribution is 0.421. The van der Waals surface area contributed by atoms with Gasteiger partial charge < -0.3 is 14.3 Å². The number of nitrogens with one attached hydrogen (secondary N) is 1. The topological polar surface area (TPSA) is 64.1 Å². The summed E-state index contributed by atoms with van der Waals surface area (Å²) in [5.41, 5.74) is 2.79. The third-order valence-corrected chi connectivity index (χ3v) is 3.91. The summed E-state index contributed by atoms with van der Waals surface area (Å²) in [5, 5.41) is 1.86. The Bertz CT molecular complexity index is 996. The Morgan fingerprint density at radius 1 is 1.05 bits per heavy atom. The minimum atomic E-state index is -0.185. The number of nitrogens with zero attached hydrogens (tertiary/aromatic N) is 1. The van der Waals surface area contributed by atoms with E-state index < -0.39 is 0 Å². The zero-order chi connectivity index (χ0) is 15.3. The summed E-state index contributed by atoms with van der Waals surface area (Å²) in [7, 11) is 3.24. The minimum Gasteiger partial charge on any atom is -0.492 e. The molecule has 0 aliphatic heterocycles. The molecule has 0 aliphatic carbocycles. The Morgan fingerprint density at radius 2 is 1.71 bits per heavy atom. The molecule has 2 heterocycles. The molecule has 3 aromatic rings. The highest BCUT2D eigenvalue weighted by Gasteiger charge is 2.15. The van der Waals surface area contributed by atoms with Crippen LogP contribution < -0.4 is 15.9 Å². The first-order valence-corrected chi connectivity index (χ1v) is 6.65. The molecule has 2 aromatic heterocycles. The summed E-state index contributed by atoms with van der Waals surface area (Å²) < 4.78 is 7.05. The van der Waals surface area contributed by atoms with Crippen LogP contribution in [0.25, 0.3) is 21.8 Å². The van der Waals surface area contributed by atoms with E-state index in [1.807, 2.05) is 19.9 Å². The number of ether oxygens (including phenoxy) is 1. The predicted molar refractivity (Wildman–Crippen MR) is 83.3 cm³/mol. The monoisotopic (exact) mass is 284 g/mol. The number of aromatic nitrogens is 2. The fraction of sp³-hybridized carbons (Fsp3) is 0.250. The lowest BCUT2D eigenvalue weighted by Gasteiger charge is -2.15. The average Bonchev–Trinajstić information content (AvgIpc) is 2.43. The molecule has 0 atom stereocenters. The second-order valence-corrected chi connectivity index (χ2v) is 5.27. The van der Waals surface area contributed by atoms with Crippen molar-refractivity contribution in [1.82, 2.24) is 9.55 Å². The molecule has 5 heteroatoms. The van der Waals surface area contributed by atoms with Gasteiger partial charge in [0, 0.05) is 30.0 Å². The van der Waals surface area contributed by atoms with Crippen LogP contribution in [0.4, 0.5) is 0 Å². The number of aryl methyl sites for hydroxylation is 3. The molecule has 0 aliphatic rings. The molecule has 0 radical (unpaired) electrons.